The van der Waals surface area contributed by atoms with Crippen molar-refractivity contribution in [1.29, 1.82) is 0 Å². The minimum Gasteiger partial charge on any atom is -0.378 e. The lowest BCUT2D eigenvalue weighted by atomic mass is 9.86. The Bertz CT molecular complexity index is 694. The van der Waals surface area contributed by atoms with Gasteiger partial charge >= 0.3 is 0 Å². The highest BCUT2D eigenvalue weighted by Crippen LogP contribution is 2.37. The van der Waals surface area contributed by atoms with Crippen LogP contribution >= 0.6 is 11.6 Å². The van der Waals surface area contributed by atoms with Crippen molar-refractivity contribution in [2.24, 2.45) is 0 Å². The number of hydrogen-bond acceptors (Lipinski definition) is 4. The number of benzene rings is 1. The average Bonchev–Trinajstić information content (AvgIpc) is 2.45. The topological polar surface area (TPSA) is 38.2 Å². The molecule has 4 rings (SSSR count). The van der Waals surface area contributed by atoms with Crippen molar-refractivity contribution in [3.05, 3.63) is 35.2 Å². The molecule has 2 aliphatic heterocycles. The number of rotatable bonds is 2. The third-order valence-electron chi connectivity index (χ3n) is 4.73. The highest BCUT2D eigenvalue weighted by Gasteiger charge is 2.36. The SMILES string of the molecule is FC1CN(C2COC2)CCC1c1cc2ncncc2cc1Cl. The van der Waals surface area contributed by atoms with Crippen LogP contribution in [0.5, 0.6) is 0 Å². The van der Waals surface area contributed by atoms with E-state index in [-0.39, 0.29) is 5.92 Å². The molecule has 0 bridgehead atoms. The lowest BCUT2D eigenvalue weighted by molar-refractivity contribution is -0.0806. The number of hydrogen-bond donors (Lipinski definition) is 0. The predicted octanol–water partition coefficient (Wildman–Crippen LogP) is 2.81. The molecular formula is C16H17ClFN3O. The van der Waals surface area contributed by atoms with Crippen LogP contribution in [-0.4, -0.2) is 53.4 Å². The van der Waals surface area contributed by atoms with Crippen molar-refractivity contribution in [2.45, 2.75) is 24.6 Å². The fourth-order valence-electron chi connectivity index (χ4n) is 3.35. The third-order valence-corrected chi connectivity index (χ3v) is 5.06. The van der Waals surface area contributed by atoms with E-state index in [1.165, 1.54) is 6.33 Å². The second kappa shape index (κ2) is 5.72. The largest absolute Gasteiger partial charge is 0.378 e. The Hall–Kier alpha value is -1.30. The number of fused-ring (bicyclic) bond motifs is 1. The molecule has 1 aromatic carbocycles. The van der Waals surface area contributed by atoms with Crippen molar-refractivity contribution >= 4 is 22.5 Å². The van der Waals surface area contributed by atoms with E-state index in [1.807, 2.05) is 12.1 Å². The van der Waals surface area contributed by atoms with Gasteiger partial charge in [0.25, 0.3) is 0 Å². The molecule has 0 amide bonds. The molecular weight excluding hydrogens is 305 g/mol. The normalized spacial score (nSPS) is 27.0. The van der Waals surface area contributed by atoms with Crippen molar-refractivity contribution in [1.82, 2.24) is 14.9 Å². The second-order valence-electron chi connectivity index (χ2n) is 6.05. The smallest absolute Gasteiger partial charge is 0.120 e. The van der Waals surface area contributed by atoms with Crippen molar-refractivity contribution in [3.63, 3.8) is 0 Å². The standard InChI is InChI=1S/C16H17ClFN3O/c17-14-3-10-5-19-9-20-16(10)4-13(14)12-1-2-21(6-15(12)18)11-7-22-8-11/h3-5,9,11-12,15H,1-2,6-8H2. The molecule has 2 aromatic rings. The van der Waals surface area contributed by atoms with Gasteiger partial charge in [0, 0.05) is 29.1 Å². The minimum absolute atomic E-state index is 0.163. The first kappa shape index (κ1) is 14.3. The number of likely N-dealkylation sites (tertiary alicyclic amines) is 1. The monoisotopic (exact) mass is 321 g/mol. The molecule has 1 aromatic heterocycles. The lowest BCUT2D eigenvalue weighted by Gasteiger charge is -2.43. The molecule has 3 heterocycles. The highest BCUT2D eigenvalue weighted by molar-refractivity contribution is 6.32. The maximum atomic E-state index is 14.7. The van der Waals surface area contributed by atoms with Gasteiger partial charge in [-0.25, -0.2) is 14.4 Å². The van der Waals surface area contributed by atoms with Crippen molar-refractivity contribution < 1.29 is 9.13 Å². The van der Waals surface area contributed by atoms with Crippen molar-refractivity contribution in [2.75, 3.05) is 26.3 Å². The number of nitrogens with zero attached hydrogens (tertiary/aromatic N) is 3. The molecule has 0 N–H and O–H groups in total. The first-order valence-electron chi connectivity index (χ1n) is 7.57. The van der Waals surface area contributed by atoms with Gasteiger partial charge in [-0.3, -0.25) is 4.90 Å². The van der Waals surface area contributed by atoms with Gasteiger partial charge in [0.2, 0.25) is 0 Å². The molecule has 0 spiro atoms. The molecule has 0 saturated carbocycles. The van der Waals surface area contributed by atoms with Gasteiger partial charge in [-0.15, -0.1) is 0 Å². The lowest BCUT2D eigenvalue weighted by Crippen LogP contribution is -2.54. The minimum atomic E-state index is -0.911. The zero-order valence-corrected chi connectivity index (χ0v) is 12.8. The van der Waals surface area contributed by atoms with E-state index in [4.69, 9.17) is 16.3 Å². The van der Waals surface area contributed by atoms with E-state index in [9.17, 15) is 4.39 Å². The van der Waals surface area contributed by atoms with Gasteiger partial charge in [-0.1, -0.05) is 11.6 Å². The number of piperidine rings is 1. The van der Waals surface area contributed by atoms with E-state index in [1.54, 1.807) is 6.20 Å². The Kier molecular flexibility index (Phi) is 3.72. The molecule has 2 aliphatic rings. The first-order chi connectivity index (χ1) is 10.7. The van der Waals surface area contributed by atoms with Crippen LogP contribution in [0.2, 0.25) is 5.02 Å². The summed E-state index contributed by atoms with van der Waals surface area (Å²) < 4.78 is 19.9. The zero-order valence-electron chi connectivity index (χ0n) is 12.1. The maximum Gasteiger partial charge on any atom is 0.120 e. The Morgan fingerprint density at radius 1 is 1.32 bits per heavy atom. The van der Waals surface area contributed by atoms with Crippen LogP contribution in [0.3, 0.4) is 0 Å². The van der Waals surface area contributed by atoms with Gasteiger partial charge in [0.05, 0.1) is 24.8 Å². The summed E-state index contributed by atoms with van der Waals surface area (Å²) >= 11 is 6.38. The summed E-state index contributed by atoms with van der Waals surface area (Å²) in [4.78, 5) is 10.4. The van der Waals surface area contributed by atoms with E-state index in [2.05, 4.69) is 14.9 Å². The van der Waals surface area contributed by atoms with Crippen molar-refractivity contribution in [3.8, 4) is 0 Å². The van der Waals surface area contributed by atoms with Gasteiger partial charge in [0.15, 0.2) is 0 Å². The van der Waals surface area contributed by atoms with E-state index in [0.29, 0.717) is 17.6 Å². The first-order valence-corrected chi connectivity index (χ1v) is 7.95. The zero-order chi connectivity index (χ0) is 15.1. The van der Waals surface area contributed by atoms with Crippen LogP contribution in [0.15, 0.2) is 24.7 Å². The molecule has 2 unspecified atom stereocenters. The molecule has 2 fully saturated rings. The second-order valence-corrected chi connectivity index (χ2v) is 6.46. The van der Waals surface area contributed by atoms with Gasteiger partial charge in [0.1, 0.15) is 12.5 Å². The average molecular weight is 322 g/mol. The molecule has 116 valence electrons. The summed E-state index contributed by atoms with van der Waals surface area (Å²) in [5.41, 5.74) is 1.68. The van der Waals surface area contributed by atoms with Crippen LogP contribution in [0, 0.1) is 0 Å². The van der Waals surface area contributed by atoms with E-state index >= 15 is 0 Å². The summed E-state index contributed by atoms with van der Waals surface area (Å²) in [5, 5.41) is 1.49. The van der Waals surface area contributed by atoms with E-state index < -0.39 is 6.17 Å². The maximum absolute atomic E-state index is 14.7. The van der Waals surface area contributed by atoms with E-state index in [0.717, 1.165) is 42.6 Å². The molecule has 4 nitrogen and oxygen atoms in total. The number of alkyl halides is 1. The van der Waals surface area contributed by atoms with Gasteiger partial charge < -0.3 is 4.74 Å². The fraction of sp³-hybridized carbons (Fsp3) is 0.500. The summed E-state index contributed by atoms with van der Waals surface area (Å²) in [6.07, 6.45) is 3.09. The Morgan fingerprint density at radius 3 is 2.91 bits per heavy atom. The summed E-state index contributed by atoms with van der Waals surface area (Å²) in [6, 6.07) is 4.14. The predicted molar refractivity (Wildman–Crippen MR) is 83.0 cm³/mol. The third kappa shape index (κ3) is 2.47. The van der Waals surface area contributed by atoms with Crippen LogP contribution in [0.25, 0.3) is 10.9 Å². The molecule has 22 heavy (non-hydrogen) atoms. The molecule has 6 heteroatoms. The van der Waals surface area contributed by atoms with Crippen LogP contribution in [0.4, 0.5) is 4.39 Å². The van der Waals surface area contributed by atoms with Crippen LogP contribution in [-0.2, 0) is 4.74 Å². The summed E-state index contributed by atoms with van der Waals surface area (Å²) in [6.45, 7) is 2.80. The van der Waals surface area contributed by atoms with Gasteiger partial charge in [-0.2, -0.15) is 0 Å². The molecule has 2 atom stereocenters. The number of aromatic nitrogens is 2. The Morgan fingerprint density at radius 2 is 2.18 bits per heavy atom. The highest BCUT2D eigenvalue weighted by atomic mass is 35.5. The van der Waals surface area contributed by atoms with Gasteiger partial charge in [-0.05, 0) is 30.7 Å². The molecule has 0 radical (unpaired) electrons. The molecule has 2 saturated heterocycles. The molecule has 0 aliphatic carbocycles. The Labute approximate surface area is 133 Å². The quantitative estimate of drug-likeness (QED) is 0.852. The van der Waals surface area contributed by atoms with Crippen LogP contribution < -0.4 is 0 Å². The summed E-state index contributed by atoms with van der Waals surface area (Å²) in [7, 11) is 0. The summed E-state index contributed by atoms with van der Waals surface area (Å²) in [5.74, 6) is -0.163. The number of halogens is 2. The fourth-order valence-corrected chi connectivity index (χ4v) is 3.66. The number of ether oxygens (including phenoxy) is 1. The Balaban J connectivity index is 1.60. The van der Waals surface area contributed by atoms with Crippen LogP contribution in [0.1, 0.15) is 17.9 Å².